The van der Waals surface area contributed by atoms with Crippen LogP contribution in [0.1, 0.15) is 25.3 Å². The molecule has 28 heavy (non-hydrogen) atoms. The van der Waals surface area contributed by atoms with Crippen LogP contribution in [0.5, 0.6) is 5.75 Å². The van der Waals surface area contributed by atoms with Crippen LogP contribution in [-0.4, -0.2) is 17.4 Å². The molecule has 0 atom stereocenters. The minimum Gasteiger partial charge on any atom is -0.493 e. The van der Waals surface area contributed by atoms with Gasteiger partial charge in [-0.15, -0.1) is 0 Å². The van der Waals surface area contributed by atoms with Crippen LogP contribution in [-0.2, 0) is 4.79 Å². The van der Waals surface area contributed by atoms with E-state index in [0.29, 0.717) is 17.9 Å². The van der Waals surface area contributed by atoms with Gasteiger partial charge in [0.15, 0.2) is 0 Å². The van der Waals surface area contributed by atoms with Gasteiger partial charge in [0.05, 0.1) is 11.5 Å². The van der Waals surface area contributed by atoms with Gasteiger partial charge in [0.25, 0.3) is 11.6 Å². The summed E-state index contributed by atoms with van der Waals surface area (Å²) >= 11 is 3.37. The molecule has 2 aromatic carbocycles. The van der Waals surface area contributed by atoms with Crippen LogP contribution in [0.25, 0.3) is 6.08 Å². The molecule has 0 spiro atoms. The number of halogens is 1. The first-order chi connectivity index (χ1) is 13.4. The van der Waals surface area contributed by atoms with E-state index >= 15 is 0 Å². The lowest BCUT2D eigenvalue weighted by molar-refractivity contribution is -0.384. The van der Waals surface area contributed by atoms with E-state index in [1.54, 1.807) is 12.1 Å². The van der Waals surface area contributed by atoms with Crippen LogP contribution >= 0.6 is 15.9 Å². The average molecular weight is 444 g/mol. The zero-order valence-electron chi connectivity index (χ0n) is 15.1. The number of unbranched alkanes of at least 4 members (excludes halogenated alkanes) is 1. The van der Waals surface area contributed by atoms with Crippen molar-refractivity contribution in [2.45, 2.75) is 19.8 Å². The molecule has 1 amide bonds. The Balaban J connectivity index is 2.27. The molecule has 7 nitrogen and oxygen atoms in total. The molecular weight excluding hydrogens is 426 g/mol. The smallest absolute Gasteiger partial charge is 0.271 e. The van der Waals surface area contributed by atoms with Crippen molar-refractivity contribution in [3.05, 3.63) is 68.2 Å². The zero-order valence-corrected chi connectivity index (χ0v) is 16.7. The molecule has 0 unspecified atom stereocenters. The van der Waals surface area contributed by atoms with Crippen LogP contribution in [0.2, 0.25) is 0 Å². The number of anilines is 1. The molecule has 0 heterocycles. The van der Waals surface area contributed by atoms with Gasteiger partial charge >= 0.3 is 0 Å². The van der Waals surface area contributed by atoms with Gasteiger partial charge in [-0.05, 0) is 36.8 Å². The maximum Gasteiger partial charge on any atom is 0.271 e. The second-order valence-corrected chi connectivity index (χ2v) is 6.73. The van der Waals surface area contributed by atoms with E-state index in [2.05, 4.69) is 28.2 Å². The van der Waals surface area contributed by atoms with Crippen molar-refractivity contribution in [1.29, 1.82) is 5.26 Å². The number of hydrogen-bond acceptors (Lipinski definition) is 5. The van der Waals surface area contributed by atoms with Crippen LogP contribution < -0.4 is 10.1 Å². The topological polar surface area (TPSA) is 105 Å². The van der Waals surface area contributed by atoms with Crippen molar-refractivity contribution in [3.63, 3.8) is 0 Å². The van der Waals surface area contributed by atoms with Crippen LogP contribution in [0.15, 0.2) is 52.5 Å². The summed E-state index contributed by atoms with van der Waals surface area (Å²) < 4.78 is 6.51. The van der Waals surface area contributed by atoms with Gasteiger partial charge in [-0.1, -0.05) is 35.3 Å². The third-order valence-corrected chi connectivity index (χ3v) is 4.20. The van der Waals surface area contributed by atoms with Gasteiger partial charge in [0, 0.05) is 27.9 Å². The summed E-state index contributed by atoms with van der Waals surface area (Å²) in [4.78, 5) is 22.8. The molecule has 0 fully saturated rings. The van der Waals surface area contributed by atoms with Gasteiger partial charge < -0.3 is 10.1 Å². The molecule has 0 aliphatic carbocycles. The normalized spacial score (nSPS) is 10.8. The van der Waals surface area contributed by atoms with E-state index < -0.39 is 10.8 Å². The Labute approximate surface area is 170 Å². The van der Waals surface area contributed by atoms with Gasteiger partial charge in [-0.2, -0.15) is 5.26 Å². The largest absolute Gasteiger partial charge is 0.493 e. The van der Waals surface area contributed by atoms with Crippen LogP contribution in [0, 0.1) is 21.4 Å². The summed E-state index contributed by atoms with van der Waals surface area (Å²) in [6.07, 6.45) is 3.30. The number of ether oxygens (including phenoxy) is 1. The fraction of sp³-hybridized carbons (Fsp3) is 0.200. The number of rotatable bonds is 8. The highest BCUT2D eigenvalue weighted by Crippen LogP contribution is 2.26. The summed E-state index contributed by atoms with van der Waals surface area (Å²) in [5.41, 5.74) is 0.508. The van der Waals surface area contributed by atoms with Crippen molar-refractivity contribution in [1.82, 2.24) is 0 Å². The lowest BCUT2D eigenvalue weighted by atomic mass is 10.1. The molecule has 2 rings (SSSR count). The van der Waals surface area contributed by atoms with Crippen molar-refractivity contribution < 1.29 is 14.5 Å². The molecule has 0 saturated heterocycles. The lowest BCUT2D eigenvalue weighted by Crippen LogP contribution is -2.13. The number of carbonyl (C=O) groups is 1. The van der Waals surface area contributed by atoms with Crippen molar-refractivity contribution in [2.75, 3.05) is 11.9 Å². The molecule has 0 aliphatic heterocycles. The molecule has 2 aromatic rings. The Kier molecular flexibility index (Phi) is 7.72. The Morgan fingerprint density at radius 1 is 1.36 bits per heavy atom. The predicted octanol–water partition coefficient (Wildman–Crippen LogP) is 5.08. The fourth-order valence-electron chi connectivity index (χ4n) is 2.29. The Morgan fingerprint density at radius 2 is 2.14 bits per heavy atom. The van der Waals surface area contributed by atoms with Gasteiger partial charge in [-0.25, -0.2) is 0 Å². The quantitative estimate of drug-likeness (QED) is 0.201. The number of nitrogens with zero attached hydrogens (tertiary/aromatic N) is 2. The molecule has 0 bridgehead atoms. The maximum atomic E-state index is 12.5. The van der Waals surface area contributed by atoms with Crippen LogP contribution in [0.4, 0.5) is 11.4 Å². The Bertz CT molecular complexity index is 951. The number of nitrogens with one attached hydrogen (secondary N) is 1. The third kappa shape index (κ3) is 5.93. The van der Waals surface area contributed by atoms with Crippen molar-refractivity contribution in [2.24, 2.45) is 0 Å². The van der Waals surface area contributed by atoms with E-state index in [9.17, 15) is 20.2 Å². The number of carbonyl (C=O) groups excluding carboxylic acids is 1. The van der Waals surface area contributed by atoms with Gasteiger partial charge in [0.1, 0.15) is 17.4 Å². The highest BCUT2D eigenvalue weighted by atomic mass is 79.9. The number of hydrogen-bond donors (Lipinski definition) is 1. The second kappa shape index (κ2) is 10.2. The van der Waals surface area contributed by atoms with Crippen molar-refractivity contribution >= 4 is 39.3 Å². The number of nitro benzene ring substituents is 1. The van der Waals surface area contributed by atoms with E-state index in [-0.39, 0.29) is 16.9 Å². The molecule has 8 heteroatoms. The summed E-state index contributed by atoms with van der Waals surface area (Å²) in [5, 5.41) is 22.8. The Morgan fingerprint density at radius 3 is 2.82 bits per heavy atom. The molecule has 0 saturated carbocycles. The second-order valence-electron chi connectivity index (χ2n) is 5.82. The van der Waals surface area contributed by atoms with Crippen LogP contribution in [0.3, 0.4) is 0 Å². The minimum atomic E-state index is -0.664. The zero-order chi connectivity index (χ0) is 20.5. The van der Waals surface area contributed by atoms with Gasteiger partial charge in [0.2, 0.25) is 0 Å². The summed E-state index contributed by atoms with van der Waals surface area (Å²) in [6.45, 7) is 2.58. The average Bonchev–Trinajstić information content (AvgIpc) is 2.67. The van der Waals surface area contributed by atoms with E-state index in [4.69, 9.17) is 4.74 Å². The third-order valence-electron chi connectivity index (χ3n) is 3.71. The summed E-state index contributed by atoms with van der Waals surface area (Å²) in [6, 6.07) is 12.7. The first kappa shape index (κ1) is 21.1. The molecule has 1 N–H and O–H groups in total. The van der Waals surface area contributed by atoms with E-state index in [0.717, 1.165) is 17.3 Å². The first-order valence-corrected chi connectivity index (χ1v) is 9.34. The number of nitro groups is 1. The summed E-state index contributed by atoms with van der Waals surface area (Å²) in [5.74, 6) is -0.102. The first-order valence-electron chi connectivity index (χ1n) is 8.54. The summed E-state index contributed by atoms with van der Waals surface area (Å²) in [7, 11) is 0. The highest BCUT2D eigenvalue weighted by Gasteiger charge is 2.13. The minimum absolute atomic E-state index is 0.148. The number of benzene rings is 2. The van der Waals surface area contributed by atoms with E-state index in [1.165, 1.54) is 30.3 Å². The number of non-ortho nitro benzene ring substituents is 1. The molecule has 0 aromatic heterocycles. The SMILES string of the molecule is CCCCOc1ccc(Br)cc1/C=C(/C#N)C(=O)Nc1cccc([N+](=O)[O-])c1. The fourth-order valence-corrected chi connectivity index (χ4v) is 2.67. The Hall–Kier alpha value is -3.18. The standard InChI is InChI=1S/C20H18BrN3O4/c1-2-3-9-28-19-8-7-16(21)11-14(19)10-15(13-22)20(25)23-17-5-4-6-18(12-17)24(26)27/h4-8,10-12H,2-3,9H2,1H3,(H,23,25)/b15-10-. The monoisotopic (exact) mass is 443 g/mol. The maximum absolute atomic E-state index is 12.5. The molecule has 0 radical (unpaired) electrons. The number of amides is 1. The highest BCUT2D eigenvalue weighted by molar-refractivity contribution is 9.10. The van der Waals surface area contributed by atoms with E-state index in [1.807, 2.05) is 12.1 Å². The lowest BCUT2D eigenvalue weighted by Gasteiger charge is -2.10. The molecule has 0 aliphatic rings. The molecule has 144 valence electrons. The molecular formula is C20H18BrN3O4. The van der Waals surface area contributed by atoms with Gasteiger partial charge in [-0.3, -0.25) is 14.9 Å². The number of nitriles is 1. The van der Waals surface area contributed by atoms with Crippen molar-refractivity contribution in [3.8, 4) is 11.8 Å². The predicted molar refractivity (Wildman–Crippen MR) is 110 cm³/mol.